The summed E-state index contributed by atoms with van der Waals surface area (Å²) in [6, 6.07) is 9.85. The summed E-state index contributed by atoms with van der Waals surface area (Å²) in [5.41, 5.74) is 3.56. The average molecular weight is 526 g/mol. The lowest BCUT2D eigenvalue weighted by Gasteiger charge is -2.22. The molecule has 2 aromatic carbocycles. The first-order valence-electron chi connectivity index (χ1n) is 11.8. The van der Waals surface area contributed by atoms with Crippen molar-refractivity contribution in [1.82, 2.24) is 15.2 Å². The topological polar surface area (TPSA) is 106 Å². The van der Waals surface area contributed by atoms with Crippen LogP contribution in [0.25, 0.3) is 11.1 Å². The van der Waals surface area contributed by atoms with Gasteiger partial charge in [0.2, 0.25) is 0 Å². The van der Waals surface area contributed by atoms with E-state index in [2.05, 4.69) is 10.3 Å². The molecule has 194 valence electrons. The minimum Gasteiger partial charge on any atom is -0.491 e. The zero-order chi connectivity index (χ0) is 26.9. The molecule has 0 spiro atoms. The van der Waals surface area contributed by atoms with E-state index in [-0.39, 0.29) is 43.2 Å². The van der Waals surface area contributed by atoms with Crippen molar-refractivity contribution >= 4 is 21.7 Å². The van der Waals surface area contributed by atoms with Gasteiger partial charge in [-0.25, -0.2) is 12.8 Å². The molecule has 0 saturated heterocycles. The number of carbonyl (C=O) groups is 2. The van der Waals surface area contributed by atoms with Crippen LogP contribution < -0.4 is 10.1 Å². The Bertz CT molecular complexity index is 1500. The third-order valence-electron chi connectivity index (χ3n) is 6.41. The number of nitrogens with zero attached hydrogens (tertiary/aromatic N) is 2. The van der Waals surface area contributed by atoms with Gasteiger partial charge in [-0.2, -0.15) is 0 Å². The molecule has 2 heterocycles. The van der Waals surface area contributed by atoms with Crippen LogP contribution in [0.15, 0.2) is 47.5 Å². The van der Waals surface area contributed by atoms with Gasteiger partial charge in [0.25, 0.3) is 11.8 Å². The van der Waals surface area contributed by atoms with E-state index >= 15 is 4.39 Å². The molecular weight excluding hydrogens is 497 g/mol. The van der Waals surface area contributed by atoms with Gasteiger partial charge in [-0.1, -0.05) is 13.0 Å². The van der Waals surface area contributed by atoms with E-state index in [9.17, 15) is 18.0 Å². The number of fused-ring (bicyclic) bond motifs is 1. The number of carbonyl (C=O) groups excluding carboxylic acids is 2. The van der Waals surface area contributed by atoms with Crippen molar-refractivity contribution in [2.24, 2.45) is 0 Å². The van der Waals surface area contributed by atoms with Crippen LogP contribution in [0.4, 0.5) is 4.39 Å². The number of hydrogen-bond donors (Lipinski definition) is 1. The van der Waals surface area contributed by atoms with Crippen LogP contribution >= 0.6 is 0 Å². The van der Waals surface area contributed by atoms with Gasteiger partial charge < -0.3 is 15.0 Å². The number of pyridine rings is 1. The fraction of sp³-hybridized carbons (Fsp3) is 0.296. The van der Waals surface area contributed by atoms with E-state index < -0.39 is 26.5 Å². The molecule has 0 atom stereocenters. The second-order valence-electron chi connectivity index (χ2n) is 8.86. The summed E-state index contributed by atoms with van der Waals surface area (Å²) in [4.78, 5) is 31.2. The zero-order valence-electron chi connectivity index (χ0n) is 21.1. The lowest BCUT2D eigenvalue weighted by atomic mass is 10.0. The summed E-state index contributed by atoms with van der Waals surface area (Å²) in [5.74, 6) is -0.900. The molecule has 1 aromatic heterocycles. The van der Waals surface area contributed by atoms with Crippen LogP contribution in [0, 0.1) is 12.7 Å². The van der Waals surface area contributed by atoms with E-state index in [0.717, 1.165) is 29.0 Å². The number of halogens is 1. The van der Waals surface area contributed by atoms with Crippen molar-refractivity contribution < 1.29 is 27.1 Å². The Morgan fingerprint density at radius 2 is 1.89 bits per heavy atom. The number of sulfone groups is 1. The number of nitrogens with one attached hydrogen (secondary N) is 1. The third-order valence-corrected chi connectivity index (χ3v) is 7.53. The fourth-order valence-corrected chi connectivity index (χ4v) is 5.17. The van der Waals surface area contributed by atoms with Crippen LogP contribution in [-0.2, 0) is 22.8 Å². The maximum atomic E-state index is 15.1. The first-order valence-corrected chi connectivity index (χ1v) is 13.7. The summed E-state index contributed by atoms with van der Waals surface area (Å²) in [6.45, 7) is 4.17. The van der Waals surface area contributed by atoms with Gasteiger partial charge in [-0.3, -0.25) is 14.6 Å². The van der Waals surface area contributed by atoms with Gasteiger partial charge in [0.15, 0.2) is 9.84 Å². The minimum atomic E-state index is -3.77. The van der Waals surface area contributed by atoms with Crippen molar-refractivity contribution in [3.05, 3.63) is 76.4 Å². The highest BCUT2D eigenvalue weighted by atomic mass is 32.2. The molecule has 0 bridgehead atoms. The number of aromatic nitrogens is 1. The van der Waals surface area contributed by atoms with Crippen LogP contribution in [0.1, 0.15) is 44.5 Å². The molecule has 0 saturated carbocycles. The molecule has 1 aliphatic heterocycles. The van der Waals surface area contributed by atoms with Crippen molar-refractivity contribution in [2.45, 2.75) is 31.7 Å². The molecule has 8 nitrogen and oxygen atoms in total. The summed E-state index contributed by atoms with van der Waals surface area (Å²) in [7, 11) is -2.21. The highest BCUT2D eigenvalue weighted by Crippen LogP contribution is 2.31. The first kappa shape index (κ1) is 26.3. The Balaban J connectivity index is 1.69. The van der Waals surface area contributed by atoms with Crippen molar-refractivity contribution in [1.29, 1.82) is 0 Å². The summed E-state index contributed by atoms with van der Waals surface area (Å²) >= 11 is 0. The summed E-state index contributed by atoms with van der Waals surface area (Å²) < 4.78 is 44.8. The Labute approximate surface area is 215 Å². The van der Waals surface area contributed by atoms with Crippen LogP contribution in [0.5, 0.6) is 5.75 Å². The molecule has 2 amide bonds. The highest BCUT2D eigenvalue weighted by Gasteiger charge is 2.27. The molecule has 10 heteroatoms. The Morgan fingerprint density at radius 3 is 2.57 bits per heavy atom. The van der Waals surface area contributed by atoms with Crippen LogP contribution in [-0.4, -0.2) is 56.6 Å². The number of benzene rings is 2. The quantitative estimate of drug-likeness (QED) is 0.546. The predicted molar refractivity (Wildman–Crippen MR) is 137 cm³/mol. The van der Waals surface area contributed by atoms with E-state index in [0.29, 0.717) is 17.0 Å². The molecular formula is C27H28FN3O5S. The largest absolute Gasteiger partial charge is 0.491 e. The van der Waals surface area contributed by atoms with Gasteiger partial charge in [0.05, 0.1) is 17.8 Å². The normalized spacial score (nSPS) is 13.4. The second kappa shape index (κ2) is 10.3. The monoisotopic (exact) mass is 525 g/mol. The van der Waals surface area contributed by atoms with Crippen LogP contribution in [0.2, 0.25) is 0 Å². The Hall–Kier alpha value is -3.79. The van der Waals surface area contributed by atoms with Gasteiger partial charge in [-0.15, -0.1) is 0 Å². The SMILES string of the molecule is CCc1c(C(=O)N2CCOc3ccc(-c4cnc(C)c(C(=O)NC)c4)cc3C2)ccc(S(C)(=O)=O)c1F. The fourth-order valence-electron chi connectivity index (χ4n) is 4.41. The smallest absolute Gasteiger partial charge is 0.254 e. The first-order chi connectivity index (χ1) is 17.5. The second-order valence-corrected chi connectivity index (χ2v) is 10.8. The number of aryl methyl sites for hydroxylation is 1. The average Bonchev–Trinajstić information content (AvgIpc) is 3.09. The number of hydrogen-bond acceptors (Lipinski definition) is 6. The van der Waals surface area contributed by atoms with E-state index in [1.54, 1.807) is 38.1 Å². The molecule has 1 N–H and O–H groups in total. The van der Waals surface area contributed by atoms with Crippen molar-refractivity contribution in [3.8, 4) is 16.9 Å². The molecule has 1 aliphatic rings. The molecule has 0 aliphatic carbocycles. The molecule has 0 fully saturated rings. The number of rotatable bonds is 5. The van der Waals surface area contributed by atoms with Gasteiger partial charge in [-0.05, 0) is 49.2 Å². The lowest BCUT2D eigenvalue weighted by Crippen LogP contribution is -2.33. The third kappa shape index (κ3) is 5.20. The van der Waals surface area contributed by atoms with Gasteiger partial charge in [0, 0.05) is 48.3 Å². The summed E-state index contributed by atoms with van der Waals surface area (Å²) in [5, 5.41) is 2.61. The van der Waals surface area contributed by atoms with E-state index in [4.69, 9.17) is 4.74 Å². The van der Waals surface area contributed by atoms with E-state index in [1.165, 1.54) is 6.07 Å². The predicted octanol–water partition coefficient (Wildman–Crippen LogP) is 3.56. The molecule has 37 heavy (non-hydrogen) atoms. The number of ether oxygens (including phenoxy) is 1. The molecule has 0 radical (unpaired) electrons. The highest BCUT2D eigenvalue weighted by molar-refractivity contribution is 7.90. The molecule has 3 aromatic rings. The van der Waals surface area contributed by atoms with Gasteiger partial charge in [0.1, 0.15) is 23.1 Å². The zero-order valence-corrected chi connectivity index (χ0v) is 21.9. The van der Waals surface area contributed by atoms with E-state index in [1.807, 2.05) is 18.2 Å². The van der Waals surface area contributed by atoms with Crippen LogP contribution in [0.3, 0.4) is 0 Å². The Morgan fingerprint density at radius 1 is 1.14 bits per heavy atom. The molecule has 0 unspecified atom stereocenters. The lowest BCUT2D eigenvalue weighted by molar-refractivity contribution is 0.0731. The number of amides is 2. The Kier molecular flexibility index (Phi) is 7.31. The standard InChI is InChI=1S/C27H28FN3O5S/c1-5-20-21(7-9-24(25(20)28)37(4,34)35)27(33)31-10-11-36-23-8-6-17(12-19(23)15-31)18-13-22(26(32)29-3)16(2)30-14-18/h6-9,12-14H,5,10-11,15H2,1-4H3,(H,29,32). The maximum Gasteiger partial charge on any atom is 0.254 e. The van der Waals surface area contributed by atoms with Crippen molar-refractivity contribution in [2.75, 3.05) is 26.5 Å². The van der Waals surface area contributed by atoms with Gasteiger partial charge >= 0.3 is 0 Å². The summed E-state index contributed by atoms with van der Waals surface area (Å²) in [6.07, 6.45) is 2.78. The maximum absolute atomic E-state index is 15.1. The van der Waals surface area contributed by atoms with Crippen molar-refractivity contribution in [3.63, 3.8) is 0 Å². The molecule has 4 rings (SSSR count). The minimum absolute atomic E-state index is 0.0690.